The number of pyridine rings is 1. The highest BCUT2D eigenvalue weighted by Crippen LogP contribution is 2.35. The van der Waals surface area contributed by atoms with Gasteiger partial charge in [0.05, 0.1) is 0 Å². The average Bonchev–Trinajstić information content (AvgIpc) is 3.35. The van der Waals surface area contributed by atoms with Crippen LogP contribution in [0.5, 0.6) is 0 Å². The zero-order chi connectivity index (χ0) is 25.0. The molecule has 3 heterocycles. The maximum Gasteiger partial charge on any atom is 0.315 e. The van der Waals surface area contributed by atoms with Crippen molar-refractivity contribution in [3.63, 3.8) is 0 Å². The van der Waals surface area contributed by atoms with Gasteiger partial charge >= 0.3 is 11.8 Å². The van der Waals surface area contributed by atoms with Crippen molar-refractivity contribution in [3.8, 4) is 11.1 Å². The molecule has 1 aromatic carbocycles. The van der Waals surface area contributed by atoms with Gasteiger partial charge in [0, 0.05) is 37.4 Å². The van der Waals surface area contributed by atoms with E-state index >= 15 is 0 Å². The first kappa shape index (κ1) is 24.6. The number of carbonyl (C=O) groups is 1. The van der Waals surface area contributed by atoms with Crippen molar-refractivity contribution in [1.29, 1.82) is 0 Å². The summed E-state index contributed by atoms with van der Waals surface area (Å²) in [7, 11) is 0. The molecule has 4 rings (SSSR count). The Morgan fingerprint density at radius 3 is 2.66 bits per heavy atom. The van der Waals surface area contributed by atoms with Gasteiger partial charge in [-0.3, -0.25) is 9.78 Å². The number of aromatic nitrogens is 3. The van der Waals surface area contributed by atoms with E-state index in [-0.39, 0.29) is 17.2 Å². The molecule has 7 heteroatoms. The SMILES string of the molecule is CC=CN1CCC(c2cnccc2-c2ccc(CNC(=O)c3nc(C(C)(C)C)no3)c(C)c2)CC1. The average molecular weight is 474 g/mol. The van der Waals surface area contributed by atoms with Gasteiger partial charge in [-0.2, -0.15) is 4.98 Å². The van der Waals surface area contributed by atoms with Gasteiger partial charge in [-0.1, -0.05) is 50.2 Å². The van der Waals surface area contributed by atoms with Crippen molar-refractivity contribution in [2.45, 2.75) is 65.3 Å². The summed E-state index contributed by atoms with van der Waals surface area (Å²) in [5.74, 6) is 0.652. The fourth-order valence-corrected chi connectivity index (χ4v) is 4.50. The highest BCUT2D eigenvalue weighted by atomic mass is 16.5. The molecule has 0 radical (unpaired) electrons. The predicted molar refractivity (Wildman–Crippen MR) is 137 cm³/mol. The zero-order valence-electron chi connectivity index (χ0n) is 21.3. The highest BCUT2D eigenvalue weighted by Gasteiger charge is 2.24. The number of likely N-dealkylation sites (tertiary alicyclic amines) is 1. The number of aryl methyl sites for hydroxylation is 1. The molecule has 1 aliphatic rings. The molecule has 0 unspecified atom stereocenters. The molecule has 0 aliphatic carbocycles. The van der Waals surface area contributed by atoms with Crippen LogP contribution in [0.2, 0.25) is 0 Å². The summed E-state index contributed by atoms with van der Waals surface area (Å²) in [6.45, 7) is 12.6. The summed E-state index contributed by atoms with van der Waals surface area (Å²) in [5.41, 5.74) is 5.63. The molecule has 0 bridgehead atoms. The second kappa shape index (κ2) is 10.4. The number of allylic oxidation sites excluding steroid dienone is 1. The summed E-state index contributed by atoms with van der Waals surface area (Å²) < 4.78 is 5.15. The number of hydrogen-bond donors (Lipinski definition) is 1. The van der Waals surface area contributed by atoms with Gasteiger partial charge in [-0.15, -0.1) is 0 Å². The van der Waals surface area contributed by atoms with Crippen LogP contribution in [0, 0.1) is 6.92 Å². The van der Waals surface area contributed by atoms with E-state index in [1.807, 2.05) is 33.2 Å². The molecular weight excluding hydrogens is 438 g/mol. The summed E-state index contributed by atoms with van der Waals surface area (Å²) in [6.07, 6.45) is 10.4. The lowest BCUT2D eigenvalue weighted by Crippen LogP contribution is -2.28. The van der Waals surface area contributed by atoms with Crippen LogP contribution in [-0.4, -0.2) is 39.0 Å². The number of benzene rings is 1. The minimum Gasteiger partial charge on any atom is -0.378 e. The monoisotopic (exact) mass is 473 g/mol. The minimum atomic E-state index is -0.364. The van der Waals surface area contributed by atoms with E-state index in [1.165, 1.54) is 16.7 Å². The first-order valence-corrected chi connectivity index (χ1v) is 12.3. The quantitative estimate of drug-likeness (QED) is 0.517. The normalized spacial score (nSPS) is 15.1. The Balaban J connectivity index is 1.45. The molecule has 35 heavy (non-hydrogen) atoms. The van der Waals surface area contributed by atoms with Gasteiger partial charge in [-0.25, -0.2) is 0 Å². The van der Waals surface area contributed by atoms with Crippen LogP contribution in [0.15, 0.2) is 53.5 Å². The molecule has 3 aromatic rings. The Bertz CT molecular complexity index is 1200. The van der Waals surface area contributed by atoms with E-state index in [0.29, 0.717) is 18.3 Å². The van der Waals surface area contributed by atoms with Crippen LogP contribution in [-0.2, 0) is 12.0 Å². The Hall–Kier alpha value is -3.48. The molecule has 1 fully saturated rings. The van der Waals surface area contributed by atoms with Gasteiger partial charge < -0.3 is 14.7 Å². The van der Waals surface area contributed by atoms with E-state index in [1.54, 1.807) is 0 Å². The van der Waals surface area contributed by atoms with Crippen molar-refractivity contribution < 1.29 is 9.32 Å². The van der Waals surface area contributed by atoms with E-state index in [0.717, 1.165) is 37.1 Å². The number of nitrogens with zero attached hydrogens (tertiary/aromatic N) is 4. The van der Waals surface area contributed by atoms with Crippen LogP contribution < -0.4 is 5.32 Å². The van der Waals surface area contributed by atoms with Gasteiger partial charge in [0.25, 0.3) is 0 Å². The van der Waals surface area contributed by atoms with Crippen LogP contribution in [0.1, 0.15) is 79.7 Å². The fourth-order valence-electron chi connectivity index (χ4n) is 4.50. The number of amides is 1. The third-order valence-corrected chi connectivity index (χ3v) is 6.57. The second-order valence-corrected chi connectivity index (χ2v) is 10.3. The largest absolute Gasteiger partial charge is 0.378 e. The number of carbonyl (C=O) groups excluding carboxylic acids is 1. The van der Waals surface area contributed by atoms with Crippen molar-refractivity contribution in [1.82, 2.24) is 25.3 Å². The molecule has 0 atom stereocenters. The predicted octanol–water partition coefficient (Wildman–Crippen LogP) is 5.38. The lowest BCUT2D eigenvalue weighted by Gasteiger charge is -2.32. The van der Waals surface area contributed by atoms with Crippen molar-refractivity contribution in [3.05, 3.63) is 77.3 Å². The molecule has 7 nitrogen and oxygen atoms in total. The van der Waals surface area contributed by atoms with Crippen molar-refractivity contribution in [2.24, 2.45) is 0 Å². The Kier molecular flexibility index (Phi) is 7.34. The summed E-state index contributed by atoms with van der Waals surface area (Å²) >= 11 is 0. The van der Waals surface area contributed by atoms with E-state index in [4.69, 9.17) is 4.52 Å². The highest BCUT2D eigenvalue weighted by molar-refractivity contribution is 5.89. The summed E-state index contributed by atoms with van der Waals surface area (Å²) in [6, 6.07) is 8.52. The van der Waals surface area contributed by atoms with E-state index < -0.39 is 0 Å². The van der Waals surface area contributed by atoms with E-state index in [2.05, 4.69) is 75.7 Å². The third kappa shape index (κ3) is 5.78. The van der Waals surface area contributed by atoms with Crippen molar-refractivity contribution in [2.75, 3.05) is 13.1 Å². The van der Waals surface area contributed by atoms with Crippen molar-refractivity contribution >= 4 is 5.91 Å². The molecule has 1 N–H and O–H groups in total. The van der Waals surface area contributed by atoms with E-state index in [9.17, 15) is 4.79 Å². The number of hydrogen-bond acceptors (Lipinski definition) is 6. The smallest absolute Gasteiger partial charge is 0.315 e. The molecule has 184 valence electrons. The first-order valence-electron chi connectivity index (χ1n) is 12.3. The van der Waals surface area contributed by atoms with Crippen LogP contribution >= 0.6 is 0 Å². The third-order valence-electron chi connectivity index (χ3n) is 6.57. The van der Waals surface area contributed by atoms with Crippen LogP contribution in [0.4, 0.5) is 0 Å². The number of nitrogens with one attached hydrogen (secondary N) is 1. The Morgan fingerprint density at radius 2 is 2.00 bits per heavy atom. The molecule has 1 saturated heterocycles. The maximum atomic E-state index is 12.5. The first-order chi connectivity index (χ1) is 16.8. The maximum absolute atomic E-state index is 12.5. The molecule has 2 aromatic heterocycles. The lowest BCUT2D eigenvalue weighted by molar-refractivity contribution is 0.0907. The molecule has 0 spiro atoms. The molecule has 1 amide bonds. The number of piperidine rings is 1. The standard InChI is InChI=1S/C28H35N5O2/c1-6-13-33-14-10-20(11-15-33)24-18-29-12-9-23(24)21-7-8-22(19(2)16-21)17-30-25(34)26-31-27(32-35-26)28(3,4)5/h6-9,12-13,16,18,20H,10-11,14-15,17H2,1-5H3,(H,30,34). The summed E-state index contributed by atoms with van der Waals surface area (Å²) in [5, 5.41) is 6.83. The number of rotatable bonds is 6. The topological polar surface area (TPSA) is 84.2 Å². The lowest BCUT2D eigenvalue weighted by atomic mass is 9.85. The van der Waals surface area contributed by atoms with Gasteiger partial charge in [0.15, 0.2) is 5.82 Å². The van der Waals surface area contributed by atoms with Crippen LogP contribution in [0.3, 0.4) is 0 Å². The zero-order valence-corrected chi connectivity index (χ0v) is 21.3. The van der Waals surface area contributed by atoms with Crippen LogP contribution in [0.25, 0.3) is 11.1 Å². The Morgan fingerprint density at radius 1 is 1.23 bits per heavy atom. The molecular formula is C28H35N5O2. The molecule has 0 saturated carbocycles. The van der Waals surface area contributed by atoms with Gasteiger partial charge in [0.1, 0.15) is 0 Å². The summed E-state index contributed by atoms with van der Waals surface area (Å²) in [4.78, 5) is 23.6. The van der Waals surface area contributed by atoms with Gasteiger partial charge in [0.2, 0.25) is 0 Å². The Labute approximate surface area is 207 Å². The minimum absolute atomic E-state index is 0.00824. The molecule has 1 aliphatic heterocycles. The van der Waals surface area contributed by atoms with Gasteiger partial charge in [-0.05, 0) is 72.7 Å². The second-order valence-electron chi connectivity index (χ2n) is 10.3. The fraction of sp³-hybridized carbons (Fsp3) is 0.429.